The summed E-state index contributed by atoms with van der Waals surface area (Å²) in [5, 5.41) is 12.5. The van der Waals surface area contributed by atoms with Gasteiger partial charge in [-0.3, -0.25) is 0 Å². The van der Waals surface area contributed by atoms with Crippen LogP contribution in [-0.4, -0.2) is 38.7 Å². The Balaban J connectivity index is 1.71. The second-order valence-corrected chi connectivity index (χ2v) is 8.77. The number of fused-ring (bicyclic) bond motifs is 1. The Morgan fingerprint density at radius 2 is 2.22 bits per heavy atom. The van der Waals surface area contributed by atoms with E-state index < -0.39 is 21.8 Å². The zero-order valence-corrected chi connectivity index (χ0v) is 18.2. The van der Waals surface area contributed by atoms with Crippen LogP contribution in [0.3, 0.4) is 0 Å². The molecule has 3 N–H and O–H groups in total. The van der Waals surface area contributed by atoms with E-state index in [4.69, 9.17) is 14.6 Å². The standard InChI is InChI=1S/C20H21FN6O4S/c1-12-15(21)5-4-14(13-6-7-23-17(10-13)30-2)18(12)25-20(28)26-32(22,29)16-11-24-27-8-3-9-31-19(16)27/h4-7,10-11H,3,8-9H2,1-2H3,(H3,22,25,26,28,29)/t32-/m1/s1. The van der Waals surface area contributed by atoms with E-state index in [1.165, 1.54) is 43.2 Å². The quantitative estimate of drug-likeness (QED) is 0.614. The molecular formula is C20H21FN6O4S. The van der Waals surface area contributed by atoms with Crippen molar-refractivity contribution in [3.05, 3.63) is 48.0 Å². The minimum atomic E-state index is -3.66. The first-order chi connectivity index (χ1) is 15.3. The van der Waals surface area contributed by atoms with Gasteiger partial charge >= 0.3 is 6.03 Å². The fourth-order valence-corrected chi connectivity index (χ4v) is 4.33. The molecule has 10 nitrogen and oxygen atoms in total. The zero-order valence-electron chi connectivity index (χ0n) is 17.4. The maximum Gasteiger partial charge on any atom is 0.354 e. The number of ether oxygens (including phenoxy) is 2. The number of urea groups is 1. The lowest BCUT2D eigenvalue weighted by Crippen LogP contribution is -2.21. The number of rotatable bonds is 4. The van der Waals surface area contributed by atoms with Crippen LogP contribution < -0.4 is 19.9 Å². The van der Waals surface area contributed by atoms with E-state index in [9.17, 15) is 13.4 Å². The van der Waals surface area contributed by atoms with Crippen LogP contribution in [0.5, 0.6) is 11.8 Å². The molecule has 1 aliphatic heterocycles. The minimum Gasteiger partial charge on any atom is -0.481 e. The van der Waals surface area contributed by atoms with Gasteiger partial charge in [0.25, 0.3) is 0 Å². The fraction of sp³-hybridized carbons (Fsp3) is 0.250. The van der Waals surface area contributed by atoms with Gasteiger partial charge in [-0.05, 0) is 30.7 Å². The van der Waals surface area contributed by atoms with E-state index in [1.807, 2.05) is 0 Å². The zero-order chi connectivity index (χ0) is 22.9. The Kier molecular flexibility index (Phi) is 5.80. The van der Waals surface area contributed by atoms with Gasteiger partial charge in [-0.25, -0.2) is 28.2 Å². The topological polar surface area (TPSA) is 134 Å². The summed E-state index contributed by atoms with van der Waals surface area (Å²) in [5.74, 6) is 0.0480. The summed E-state index contributed by atoms with van der Waals surface area (Å²) in [6.07, 6.45) is 3.56. The molecule has 1 atom stereocenters. The lowest BCUT2D eigenvalue weighted by Gasteiger charge is -2.16. The van der Waals surface area contributed by atoms with E-state index in [2.05, 4.69) is 19.8 Å². The molecule has 1 aromatic carbocycles. The fourth-order valence-electron chi connectivity index (χ4n) is 3.32. The van der Waals surface area contributed by atoms with E-state index in [0.717, 1.165) is 6.42 Å². The Labute approximate surface area is 183 Å². The first-order valence-corrected chi connectivity index (χ1v) is 11.2. The number of nitrogens with one attached hydrogen (secondary N) is 1. The van der Waals surface area contributed by atoms with Crippen molar-refractivity contribution in [3.63, 3.8) is 0 Å². The van der Waals surface area contributed by atoms with E-state index in [0.29, 0.717) is 30.2 Å². The summed E-state index contributed by atoms with van der Waals surface area (Å²) in [7, 11) is -2.19. The monoisotopic (exact) mass is 460 g/mol. The number of nitrogens with two attached hydrogens (primary N) is 1. The molecule has 0 spiro atoms. The van der Waals surface area contributed by atoms with Crippen LogP contribution in [0.15, 0.2) is 45.9 Å². The van der Waals surface area contributed by atoms with Crippen molar-refractivity contribution in [1.29, 1.82) is 0 Å². The highest BCUT2D eigenvalue weighted by Gasteiger charge is 2.24. The first kappa shape index (κ1) is 21.7. The van der Waals surface area contributed by atoms with Gasteiger partial charge < -0.3 is 14.8 Å². The average Bonchev–Trinajstić information content (AvgIpc) is 3.22. The number of anilines is 1. The molecule has 3 heterocycles. The SMILES string of the molecule is COc1cc(-c2ccc(F)c(C)c2NC(=O)N=[S@@](N)(=O)c2cnn3c2OCCC3)ccn1. The summed E-state index contributed by atoms with van der Waals surface area (Å²) in [4.78, 5) is 16.8. The van der Waals surface area contributed by atoms with Gasteiger partial charge in [-0.15, -0.1) is 4.36 Å². The van der Waals surface area contributed by atoms with Gasteiger partial charge in [-0.2, -0.15) is 5.10 Å². The molecule has 0 bridgehead atoms. The molecule has 168 valence electrons. The third-order valence-electron chi connectivity index (χ3n) is 4.93. The lowest BCUT2D eigenvalue weighted by atomic mass is 10.0. The largest absolute Gasteiger partial charge is 0.481 e. The smallest absolute Gasteiger partial charge is 0.354 e. The molecule has 0 saturated carbocycles. The number of aromatic nitrogens is 3. The minimum absolute atomic E-state index is 0.0300. The third-order valence-corrected chi connectivity index (χ3v) is 6.28. The van der Waals surface area contributed by atoms with E-state index in [1.54, 1.807) is 12.1 Å². The molecule has 2 amide bonds. The highest BCUT2D eigenvalue weighted by molar-refractivity contribution is 7.91. The number of methoxy groups -OCH3 is 1. The van der Waals surface area contributed by atoms with Crippen molar-refractivity contribution in [2.45, 2.75) is 24.8 Å². The maximum absolute atomic E-state index is 14.3. The van der Waals surface area contributed by atoms with Gasteiger partial charge in [0.05, 0.1) is 25.6 Å². The first-order valence-electron chi connectivity index (χ1n) is 9.64. The van der Waals surface area contributed by atoms with Crippen molar-refractivity contribution < 1.29 is 22.9 Å². The van der Waals surface area contributed by atoms with Gasteiger partial charge in [0, 0.05) is 36.4 Å². The van der Waals surface area contributed by atoms with Crippen LogP contribution in [0.4, 0.5) is 14.9 Å². The van der Waals surface area contributed by atoms with Crippen LogP contribution >= 0.6 is 0 Å². The number of halogens is 1. The second-order valence-electron chi connectivity index (χ2n) is 7.01. The van der Waals surface area contributed by atoms with Crippen LogP contribution in [0.25, 0.3) is 11.1 Å². The Hall–Kier alpha value is -3.51. The van der Waals surface area contributed by atoms with Gasteiger partial charge in [0.1, 0.15) is 10.7 Å². The molecule has 0 radical (unpaired) electrons. The highest BCUT2D eigenvalue weighted by Crippen LogP contribution is 2.34. The van der Waals surface area contributed by atoms with Crippen LogP contribution in [0.1, 0.15) is 12.0 Å². The molecule has 0 fully saturated rings. The number of amides is 2. The molecule has 3 aromatic rings. The molecular weight excluding hydrogens is 439 g/mol. The predicted molar refractivity (Wildman–Crippen MR) is 115 cm³/mol. The number of pyridine rings is 1. The molecule has 2 aromatic heterocycles. The number of benzene rings is 1. The Morgan fingerprint density at radius 3 is 3.00 bits per heavy atom. The number of hydrogen-bond acceptors (Lipinski definition) is 6. The van der Waals surface area contributed by atoms with Crippen molar-refractivity contribution in [2.24, 2.45) is 9.50 Å². The summed E-state index contributed by atoms with van der Waals surface area (Å²) >= 11 is 0. The van der Waals surface area contributed by atoms with Crippen molar-refractivity contribution in [3.8, 4) is 22.9 Å². The van der Waals surface area contributed by atoms with Crippen molar-refractivity contribution in [1.82, 2.24) is 14.8 Å². The molecule has 0 aliphatic carbocycles. The van der Waals surface area contributed by atoms with Crippen molar-refractivity contribution >= 4 is 21.6 Å². The molecule has 1 aliphatic rings. The maximum atomic E-state index is 14.3. The molecule has 0 unspecified atom stereocenters. The van der Waals surface area contributed by atoms with E-state index in [-0.39, 0.29) is 22.0 Å². The summed E-state index contributed by atoms with van der Waals surface area (Å²) in [5.41, 5.74) is 1.47. The number of nitrogens with zero attached hydrogens (tertiary/aromatic N) is 4. The normalized spacial score (nSPS) is 14.6. The van der Waals surface area contributed by atoms with Crippen LogP contribution in [0, 0.1) is 12.7 Å². The average molecular weight is 460 g/mol. The number of hydrogen-bond donors (Lipinski definition) is 2. The third kappa shape index (κ3) is 4.14. The van der Waals surface area contributed by atoms with E-state index >= 15 is 0 Å². The van der Waals surface area contributed by atoms with Gasteiger partial charge in [-0.1, -0.05) is 0 Å². The molecule has 32 heavy (non-hydrogen) atoms. The molecule has 12 heteroatoms. The Morgan fingerprint density at radius 1 is 1.41 bits per heavy atom. The summed E-state index contributed by atoms with van der Waals surface area (Å²) in [6.45, 7) is 2.51. The van der Waals surface area contributed by atoms with Crippen LogP contribution in [-0.2, 0) is 16.5 Å². The molecule has 4 rings (SSSR count). The summed E-state index contributed by atoms with van der Waals surface area (Å²) < 4.78 is 43.1. The number of carbonyl (C=O) groups is 1. The second kappa shape index (κ2) is 8.55. The van der Waals surface area contributed by atoms with Crippen LogP contribution in [0.2, 0.25) is 0 Å². The number of carbonyl (C=O) groups excluding carboxylic acids is 1. The number of aryl methyl sites for hydroxylation is 1. The van der Waals surface area contributed by atoms with Gasteiger partial charge in [0.15, 0.2) is 9.92 Å². The summed E-state index contributed by atoms with van der Waals surface area (Å²) in [6, 6.07) is 5.12. The predicted octanol–water partition coefficient (Wildman–Crippen LogP) is 3.12. The molecule has 0 saturated heterocycles. The van der Waals surface area contributed by atoms with Crippen molar-refractivity contribution in [2.75, 3.05) is 19.0 Å². The van der Waals surface area contributed by atoms with Gasteiger partial charge in [0.2, 0.25) is 11.8 Å². The Bertz CT molecular complexity index is 1320. The highest BCUT2D eigenvalue weighted by atomic mass is 32.2. The lowest BCUT2D eigenvalue weighted by molar-refractivity contribution is 0.224.